The molecule has 11 heteroatoms. The van der Waals surface area contributed by atoms with Gasteiger partial charge in [-0.3, -0.25) is 4.79 Å². The van der Waals surface area contributed by atoms with E-state index in [1.807, 2.05) is 16.7 Å². The van der Waals surface area contributed by atoms with Gasteiger partial charge >= 0.3 is 0 Å². The molecule has 0 aromatic carbocycles. The molecule has 4 rings (SSSR count). The minimum atomic E-state index is -0.249. The van der Waals surface area contributed by atoms with Crippen LogP contribution in [0.25, 0.3) is 5.69 Å². The molecule has 1 atom stereocenters. The van der Waals surface area contributed by atoms with Gasteiger partial charge in [0.05, 0.1) is 42.1 Å². The lowest BCUT2D eigenvalue weighted by Crippen LogP contribution is -2.33. The Morgan fingerprint density at radius 2 is 2.15 bits per heavy atom. The fraction of sp³-hybridized carbons (Fsp3) is 0.348. The zero-order chi connectivity index (χ0) is 23.8. The Bertz CT molecular complexity index is 1150. The smallest absolute Gasteiger partial charge is 0.252 e. The molecule has 1 aliphatic rings. The van der Waals surface area contributed by atoms with Crippen LogP contribution in [-0.2, 0) is 0 Å². The summed E-state index contributed by atoms with van der Waals surface area (Å²) < 4.78 is 1.84. The molecule has 1 fully saturated rings. The number of aliphatic hydroxyl groups excluding tert-OH is 1. The molecular weight excluding hydrogens is 434 g/mol. The molecule has 0 bridgehead atoms. The van der Waals surface area contributed by atoms with E-state index in [-0.39, 0.29) is 24.8 Å². The van der Waals surface area contributed by atoms with Crippen molar-refractivity contribution in [3.8, 4) is 11.8 Å². The number of nitrogens with zero attached hydrogens (tertiary/aromatic N) is 5. The van der Waals surface area contributed by atoms with Crippen LogP contribution in [-0.4, -0.2) is 63.3 Å². The fourth-order valence-corrected chi connectivity index (χ4v) is 3.75. The lowest BCUT2D eigenvalue weighted by molar-refractivity contribution is 0.0945. The number of anilines is 3. The van der Waals surface area contributed by atoms with Gasteiger partial charge in [-0.2, -0.15) is 5.26 Å². The summed E-state index contributed by atoms with van der Waals surface area (Å²) in [6.45, 7) is 2.91. The van der Waals surface area contributed by atoms with Crippen molar-refractivity contribution < 1.29 is 9.90 Å². The molecule has 1 saturated heterocycles. The number of rotatable bonds is 9. The van der Waals surface area contributed by atoms with Crippen LogP contribution in [0.3, 0.4) is 0 Å². The highest BCUT2D eigenvalue weighted by Gasteiger charge is 2.16. The molecule has 11 nitrogen and oxygen atoms in total. The van der Waals surface area contributed by atoms with Gasteiger partial charge in [-0.1, -0.05) is 0 Å². The predicted octanol–water partition coefficient (Wildman–Crippen LogP) is 1.41. The first-order valence-corrected chi connectivity index (χ1v) is 11.2. The molecule has 34 heavy (non-hydrogen) atoms. The van der Waals surface area contributed by atoms with E-state index in [0.29, 0.717) is 23.1 Å². The average molecular weight is 462 g/mol. The second-order valence-electron chi connectivity index (χ2n) is 7.99. The maximum atomic E-state index is 12.3. The fourth-order valence-electron chi connectivity index (χ4n) is 3.75. The number of hydrogen-bond donors (Lipinski definition) is 5. The third-order valence-electron chi connectivity index (χ3n) is 5.52. The van der Waals surface area contributed by atoms with Gasteiger partial charge in [-0.25, -0.2) is 15.0 Å². The maximum Gasteiger partial charge on any atom is 0.252 e. The first kappa shape index (κ1) is 23.2. The first-order chi connectivity index (χ1) is 16.7. The van der Waals surface area contributed by atoms with Crippen LogP contribution in [0.1, 0.15) is 28.9 Å². The van der Waals surface area contributed by atoms with Gasteiger partial charge in [0.1, 0.15) is 17.7 Å². The van der Waals surface area contributed by atoms with Gasteiger partial charge < -0.3 is 30.9 Å². The number of hydrogen-bond acceptors (Lipinski definition) is 9. The van der Waals surface area contributed by atoms with Crippen LogP contribution in [0.5, 0.6) is 0 Å². The third kappa shape index (κ3) is 5.86. The summed E-state index contributed by atoms with van der Waals surface area (Å²) in [5, 5.41) is 30.6. The van der Waals surface area contributed by atoms with Crippen molar-refractivity contribution in [1.82, 2.24) is 30.2 Å². The molecule has 3 aromatic heterocycles. The zero-order valence-electron chi connectivity index (χ0n) is 18.7. The second kappa shape index (κ2) is 11.2. The molecule has 5 N–H and O–H groups in total. The van der Waals surface area contributed by atoms with E-state index in [4.69, 9.17) is 10.4 Å². The molecule has 1 aliphatic heterocycles. The van der Waals surface area contributed by atoms with E-state index in [1.54, 1.807) is 24.7 Å². The second-order valence-corrected chi connectivity index (χ2v) is 7.99. The number of piperidine rings is 1. The van der Waals surface area contributed by atoms with E-state index in [9.17, 15) is 4.79 Å². The summed E-state index contributed by atoms with van der Waals surface area (Å²) in [5.74, 6) is 1.31. The number of pyridine rings is 1. The van der Waals surface area contributed by atoms with E-state index in [1.165, 1.54) is 12.4 Å². The average Bonchev–Trinajstić information content (AvgIpc) is 3.37. The summed E-state index contributed by atoms with van der Waals surface area (Å²) in [4.78, 5) is 25.0. The SMILES string of the molecule is N#Cc1cnc(Nc2cc(NCC3CCCNC3)c(-n3ccc(C(=O)NCCO)c3)cn2)cn1. The Balaban J connectivity index is 1.57. The van der Waals surface area contributed by atoms with Crippen molar-refractivity contribution in [1.29, 1.82) is 5.26 Å². The first-order valence-electron chi connectivity index (χ1n) is 11.2. The minimum Gasteiger partial charge on any atom is -0.395 e. The summed E-state index contributed by atoms with van der Waals surface area (Å²) in [5.41, 5.74) is 2.37. The van der Waals surface area contributed by atoms with E-state index >= 15 is 0 Å². The van der Waals surface area contributed by atoms with Crippen LogP contribution in [0, 0.1) is 17.2 Å². The summed E-state index contributed by atoms with van der Waals surface area (Å²) in [7, 11) is 0. The van der Waals surface area contributed by atoms with Crippen LogP contribution in [0.15, 0.2) is 43.1 Å². The highest BCUT2D eigenvalue weighted by Crippen LogP contribution is 2.26. The van der Waals surface area contributed by atoms with Gasteiger partial charge in [-0.05, 0) is 37.9 Å². The number of aromatic nitrogens is 4. The molecular formula is C23H27N9O2. The lowest BCUT2D eigenvalue weighted by atomic mass is 10.00. The Kier molecular flexibility index (Phi) is 7.64. The Morgan fingerprint density at radius 3 is 2.88 bits per heavy atom. The van der Waals surface area contributed by atoms with Crippen LogP contribution < -0.4 is 21.3 Å². The zero-order valence-corrected chi connectivity index (χ0v) is 18.7. The number of nitrogens with one attached hydrogen (secondary N) is 4. The molecule has 1 unspecified atom stereocenters. The molecule has 4 heterocycles. The number of nitriles is 1. The minimum absolute atomic E-state index is 0.113. The Morgan fingerprint density at radius 1 is 1.26 bits per heavy atom. The van der Waals surface area contributed by atoms with Gasteiger partial charge in [-0.15, -0.1) is 0 Å². The monoisotopic (exact) mass is 461 g/mol. The Labute approximate surface area is 197 Å². The normalized spacial score (nSPS) is 15.4. The predicted molar refractivity (Wildman–Crippen MR) is 127 cm³/mol. The lowest BCUT2D eigenvalue weighted by Gasteiger charge is -2.24. The van der Waals surface area contributed by atoms with Gasteiger partial charge in [0, 0.05) is 31.5 Å². The molecule has 1 amide bonds. The van der Waals surface area contributed by atoms with Gasteiger partial charge in [0.25, 0.3) is 5.91 Å². The van der Waals surface area contributed by atoms with Crippen molar-refractivity contribution in [2.24, 2.45) is 5.92 Å². The van der Waals surface area contributed by atoms with E-state index in [0.717, 1.165) is 43.9 Å². The van der Waals surface area contributed by atoms with Crippen molar-refractivity contribution in [3.63, 3.8) is 0 Å². The van der Waals surface area contributed by atoms with Crippen molar-refractivity contribution >= 4 is 23.2 Å². The highest BCUT2D eigenvalue weighted by molar-refractivity contribution is 5.94. The highest BCUT2D eigenvalue weighted by atomic mass is 16.3. The van der Waals surface area contributed by atoms with E-state index in [2.05, 4.69) is 36.2 Å². The summed E-state index contributed by atoms with van der Waals surface area (Å²) in [6, 6.07) is 5.55. The quantitative estimate of drug-likeness (QED) is 0.318. The Hall–Kier alpha value is -4.01. The standard InChI is InChI=1S/C23H27N9O2/c24-9-18-12-29-22(14-27-18)31-21-8-19(28-11-16-2-1-4-25-10-16)20(13-30-21)32-6-3-17(15-32)23(34)26-5-7-33/h3,6,8,12-16,25,33H,1-2,4-5,7,10-11H2,(H,26,34)(H2,28,29,30,31). The summed E-state index contributed by atoms with van der Waals surface area (Å²) in [6.07, 6.45) is 10.5. The molecule has 0 saturated carbocycles. The number of amides is 1. The third-order valence-corrected chi connectivity index (χ3v) is 5.52. The van der Waals surface area contributed by atoms with Gasteiger partial charge in [0.15, 0.2) is 5.69 Å². The van der Waals surface area contributed by atoms with Crippen LogP contribution in [0.2, 0.25) is 0 Å². The maximum absolute atomic E-state index is 12.3. The van der Waals surface area contributed by atoms with Gasteiger partial charge in [0.2, 0.25) is 0 Å². The summed E-state index contributed by atoms with van der Waals surface area (Å²) >= 11 is 0. The number of carbonyl (C=O) groups excluding carboxylic acids is 1. The molecule has 0 aliphatic carbocycles. The largest absolute Gasteiger partial charge is 0.395 e. The van der Waals surface area contributed by atoms with Crippen molar-refractivity contribution in [3.05, 3.63) is 54.4 Å². The van der Waals surface area contributed by atoms with E-state index < -0.39 is 0 Å². The molecule has 3 aromatic rings. The number of carbonyl (C=O) groups is 1. The molecule has 176 valence electrons. The number of aliphatic hydroxyl groups is 1. The van der Waals surface area contributed by atoms with Crippen LogP contribution in [0.4, 0.5) is 17.3 Å². The van der Waals surface area contributed by atoms with Crippen LogP contribution >= 0.6 is 0 Å². The van der Waals surface area contributed by atoms with Crippen molar-refractivity contribution in [2.45, 2.75) is 12.8 Å². The molecule has 0 spiro atoms. The molecule has 0 radical (unpaired) electrons. The van der Waals surface area contributed by atoms with Crippen molar-refractivity contribution in [2.75, 3.05) is 43.4 Å². The topological polar surface area (TPSA) is 153 Å².